The Kier molecular flexibility index (Phi) is 5.90. The Bertz CT molecular complexity index is 399. The van der Waals surface area contributed by atoms with Gasteiger partial charge in [-0.2, -0.15) is 0 Å². The van der Waals surface area contributed by atoms with Crippen LogP contribution in [-0.4, -0.2) is 12.6 Å². The van der Waals surface area contributed by atoms with Crippen molar-refractivity contribution < 1.29 is 4.79 Å². The fourth-order valence-electron chi connectivity index (χ4n) is 2.94. The highest BCUT2D eigenvalue weighted by Crippen LogP contribution is 2.25. The van der Waals surface area contributed by atoms with Crippen molar-refractivity contribution in [3.05, 3.63) is 35.9 Å². The third kappa shape index (κ3) is 4.87. The van der Waals surface area contributed by atoms with E-state index >= 15 is 0 Å². The zero-order valence-corrected chi connectivity index (χ0v) is 12.4. The summed E-state index contributed by atoms with van der Waals surface area (Å²) in [7, 11) is 0. The molecule has 1 atom stereocenters. The second-order valence-electron chi connectivity index (χ2n) is 5.83. The van der Waals surface area contributed by atoms with Gasteiger partial charge in [0.05, 0.1) is 6.04 Å². The number of nitrogens with one attached hydrogen (secondary N) is 2. The molecule has 1 aliphatic rings. The van der Waals surface area contributed by atoms with Gasteiger partial charge in [-0.05, 0) is 24.8 Å². The van der Waals surface area contributed by atoms with Crippen molar-refractivity contribution in [1.82, 2.24) is 10.6 Å². The molecule has 0 spiro atoms. The number of benzene rings is 1. The monoisotopic (exact) mass is 274 g/mol. The van der Waals surface area contributed by atoms with E-state index in [1.807, 2.05) is 37.3 Å². The summed E-state index contributed by atoms with van der Waals surface area (Å²) in [6, 6.07) is 10.0. The summed E-state index contributed by atoms with van der Waals surface area (Å²) in [5.41, 5.74) is 1.13. The maximum Gasteiger partial charge on any atom is 0.315 e. The van der Waals surface area contributed by atoms with Crippen LogP contribution in [0.2, 0.25) is 0 Å². The molecule has 2 rings (SSSR count). The van der Waals surface area contributed by atoms with Crippen molar-refractivity contribution in [2.24, 2.45) is 5.92 Å². The molecule has 1 unspecified atom stereocenters. The second-order valence-corrected chi connectivity index (χ2v) is 5.83. The number of rotatable bonds is 5. The summed E-state index contributed by atoms with van der Waals surface area (Å²) >= 11 is 0. The Labute approximate surface area is 122 Å². The minimum Gasteiger partial charge on any atom is -0.338 e. The maximum absolute atomic E-state index is 11.8. The average molecular weight is 274 g/mol. The summed E-state index contributed by atoms with van der Waals surface area (Å²) in [5, 5.41) is 5.96. The number of hydrogen-bond donors (Lipinski definition) is 2. The molecule has 0 aliphatic heterocycles. The summed E-state index contributed by atoms with van der Waals surface area (Å²) in [4.78, 5) is 11.8. The van der Waals surface area contributed by atoms with E-state index < -0.39 is 0 Å². The molecule has 3 nitrogen and oxygen atoms in total. The average Bonchev–Trinajstić information content (AvgIpc) is 2.49. The lowest BCUT2D eigenvalue weighted by atomic mass is 9.87. The fraction of sp³-hybridized carbons (Fsp3) is 0.588. The van der Waals surface area contributed by atoms with Gasteiger partial charge in [-0.25, -0.2) is 4.79 Å². The molecular weight excluding hydrogens is 248 g/mol. The lowest BCUT2D eigenvalue weighted by Crippen LogP contribution is -2.38. The van der Waals surface area contributed by atoms with Crippen LogP contribution in [-0.2, 0) is 0 Å². The number of hydrogen-bond acceptors (Lipinski definition) is 1. The predicted molar refractivity (Wildman–Crippen MR) is 82.6 cm³/mol. The molecule has 0 aromatic heterocycles. The van der Waals surface area contributed by atoms with E-state index in [2.05, 4.69) is 10.6 Å². The standard InChI is InChI=1S/C17H26N2O/c1-14(16-10-6-3-7-11-16)19-17(20)18-13-12-15-8-4-2-5-9-15/h3,6-7,10-11,14-15H,2,4-5,8-9,12-13H2,1H3,(H2,18,19,20). The maximum atomic E-state index is 11.8. The van der Waals surface area contributed by atoms with E-state index in [4.69, 9.17) is 0 Å². The first-order chi connectivity index (χ1) is 9.75. The summed E-state index contributed by atoms with van der Waals surface area (Å²) in [6.07, 6.45) is 7.91. The first-order valence-electron chi connectivity index (χ1n) is 7.85. The zero-order valence-electron chi connectivity index (χ0n) is 12.4. The topological polar surface area (TPSA) is 41.1 Å². The van der Waals surface area contributed by atoms with Crippen molar-refractivity contribution >= 4 is 6.03 Å². The van der Waals surface area contributed by atoms with Crippen LogP contribution in [0, 0.1) is 5.92 Å². The van der Waals surface area contributed by atoms with Crippen LogP contribution in [0.1, 0.15) is 57.1 Å². The number of carbonyl (C=O) groups is 1. The molecular formula is C17H26N2O. The van der Waals surface area contributed by atoms with Gasteiger partial charge in [0.1, 0.15) is 0 Å². The van der Waals surface area contributed by atoms with Crippen LogP contribution in [0.15, 0.2) is 30.3 Å². The Balaban J connectivity index is 1.65. The Morgan fingerprint density at radius 2 is 1.90 bits per heavy atom. The normalized spacial score (nSPS) is 17.4. The minimum atomic E-state index is -0.0582. The third-order valence-corrected chi connectivity index (χ3v) is 4.21. The molecule has 1 aliphatic carbocycles. The van der Waals surface area contributed by atoms with E-state index in [0.717, 1.165) is 24.4 Å². The van der Waals surface area contributed by atoms with E-state index in [0.29, 0.717) is 0 Å². The molecule has 0 radical (unpaired) electrons. The molecule has 110 valence electrons. The van der Waals surface area contributed by atoms with Gasteiger partial charge in [-0.1, -0.05) is 62.4 Å². The molecule has 3 heteroatoms. The van der Waals surface area contributed by atoms with E-state index in [9.17, 15) is 4.79 Å². The molecule has 20 heavy (non-hydrogen) atoms. The van der Waals surface area contributed by atoms with Gasteiger partial charge in [-0.3, -0.25) is 0 Å². The molecule has 2 amide bonds. The molecule has 1 aromatic rings. The van der Waals surface area contributed by atoms with E-state index in [1.165, 1.54) is 32.1 Å². The van der Waals surface area contributed by atoms with Gasteiger partial charge in [-0.15, -0.1) is 0 Å². The lowest BCUT2D eigenvalue weighted by Gasteiger charge is -2.21. The Morgan fingerprint density at radius 1 is 1.20 bits per heavy atom. The number of amides is 2. The highest BCUT2D eigenvalue weighted by molar-refractivity contribution is 5.74. The predicted octanol–water partition coefficient (Wildman–Crippen LogP) is 4.02. The SMILES string of the molecule is CC(NC(=O)NCCC1CCCCC1)c1ccccc1. The van der Waals surface area contributed by atoms with Crippen LogP contribution in [0.25, 0.3) is 0 Å². The van der Waals surface area contributed by atoms with Gasteiger partial charge < -0.3 is 10.6 Å². The second kappa shape index (κ2) is 7.93. The van der Waals surface area contributed by atoms with Crippen LogP contribution >= 0.6 is 0 Å². The van der Waals surface area contributed by atoms with Gasteiger partial charge in [0.25, 0.3) is 0 Å². The minimum absolute atomic E-state index is 0.0471. The molecule has 0 heterocycles. The summed E-state index contributed by atoms with van der Waals surface area (Å²) < 4.78 is 0. The van der Waals surface area contributed by atoms with Gasteiger partial charge >= 0.3 is 6.03 Å². The zero-order chi connectivity index (χ0) is 14.2. The molecule has 0 bridgehead atoms. The summed E-state index contributed by atoms with van der Waals surface area (Å²) in [5.74, 6) is 0.815. The molecule has 1 fully saturated rings. The Morgan fingerprint density at radius 3 is 2.60 bits per heavy atom. The third-order valence-electron chi connectivity index (χ3n) is 4.21. The highest BCUT2D eigenvalue weighted by atomic mass is 16.2. The smallest absolute Gasteiger partial charge is 0.315 e. The summed E-state index contributed by atoms with van der Waals surface area (Å²) in [6.45, 7) is 2.80. The number of urea groups is 1. The van der Waals surface area contributed by atoms with Gasteiger partial charge in [0, 0.05) is 6.54 Å². The van der Waals surface area contributed by atoms with Crippen LogP contribution < -0.4 is 10.6 Å². The quantitative estimate of drug-likeness (QED) is 0.836. The van der Waals surface area contributed by atoms with Crippen LogP contribution in [0.5, 0.6) is 0 Å². The van der Waals surface area contributed by atoms with Gasteiger partial charge in [0.15, 0.2) is 0 Å². The highest BCUT2D eigenvalue weighted by Gasteiger charge is 2.14. The molecule has 1 saturated carbocycles. The van der Waals surface area contributed by atoms with Crippen molar-refractivity contribution in [3.63, 3.8) is 0 Å². The fourth-order valence-corrected chi connectivity index (χ4v) is 2.94. The molecule has 2 N–H and O–H groups in total. The first kappa shape index (κ1) is 14.9. The van der Waals surface area contributed by atoms with E-state index in [-0.39, 0.29) is 12.1 Å². The van der Waals surface area contributed by atoms with Crippen LogP contribution in [0.4, 0.5) is 4.79 Å². The van der Waals surface area contributed by atoms with Crippen molar-refractivity contribution in [3.8, 4) is 0 Å². The van der Waals surface area contributed by atoms with Gasteiger partial charge in [0.2, 0.25) is 0 Å². The lowest BCUT2D eigenvalue weighted by molar-refractivity contribution is 0.236. The number of carbonyl (C=O) groups excluding carboxylic acids is 1. The van der Waals surface area contributed by atoms with E-state index in [1.54, 1.807) is 0 Å². The van der Waals surface area contributed by atoms with Crippen LogP contribution in [0.3, 0.4) is 0 Å². The van der Waals surface area contributed by atoms with Crippen molar-refractivity contribution in [2.45, 2.75) is 51.5 Å². The van der Waals surface area contributed by atoms with Crippen molar-refractivity contribution in [1.29, 1.82) is 0 Å². The Hall–Kier alpha value is -1.51. The largest absolute Gasteiger partial charge is 0.338 e. The van der Waals surface area contributed by atoms with Crippen molar-refractivity contribution in [2.75, 3.05) is 6.54 Å². The molecule has 1 aromatic carbocycles. The first-order valence-corrected chi connectivity index (χ1v) is 7.85. The molecule has 0 saturated heterocycles.